The van der Waals surface area contributed by atoms with Gasteiger partial charge < -0.3 is 24.4 Å². The minimum Gasteiger partial charge on any atom is -0.493 e. The Morgan fingerprint density at radius 2 is 1.77 bits per heavy atom. The Bertz CT molecular complexity index is 1380. The van der Waals surface area contributed by atoms with Crippen LogP contribution in [0.1, 0.15) is 5.56 Å². The molecule has 0 spiro atoms. The molecule has 11 heteroatoms. The molecule has 0 atom stereocenters. The number of thiazole rings is 1. The van der Waals surface area contributed by atoms with Crippen LogP contribution in [0.2, 0.25) is 0 Å². The molecule has 0 fully saturated rings. The number of nitrogens with one attached hydrogen (secondary N) is 1. The predicted octanol–water partition coefficient (Wildman–Crippen LogP) is 3.15. The van der Waals surface area contributed by atoms with Crippen LogP contribution >= 0.6 is 11.3 Å². The molecule has 1 N–H and O–H groups in total. The number of hydrogen-bond donors (Lipinski definition) is 1. The lowest BCUT2D eigenvalue weighted by molar-refractivity contribution is -0.116. The molecular weight excluding hydrogens is 470 g/mol. The van der Waals surface area contributed by atoms with Crippen molar-refractivity contribution in [3.05, 3.63) is 64.7 Å². The van der Waals surface area contributed by atoms with Gasteiger partial charge in [-0.25, -0.2) is 4.98 Å². The number of hydrogen-bond acceptors (Lipinski definition) is 9. The summed E-state index contributed by atoms with van der Waals surface area (Å²) in [4.78, 5) is 36.5. The van der Waals surface area contributed by atoms with E-state index in [9.17, 15) is 9.59 Å². The average Bonchev–Trinajstić information content (AvgIpc) is 3.31. The summed E-state index contributed by atoms with van der Waals surface area (Å²) in [6.07, 6.45) is 1.33. The number of nitrogens with zero attached hydrogens (tertiary/aromatic N) is 4. The smallest absolute Gasteiger partial charge is 0.273 e. The van der Waals surface area contributed by atoms with E-state index in [4.69, 9.17) is 14.2 Å². The Labute approximate surface area is 205 Å². The number of carbonyl (C=O) groups is 1. The minimum absolute atomic E-state index is 0.217. The Kier molecular flexibility index (Phi) is 7.16. The molecular formula is C24H25N5O5S. The molecule has 1 amide bonds. The molecule has 35 heavy (non-hydrogen) atoms. The van der Waals surface area contributed by atoms with Crippen molar-refractivity contribution in [3.8, 4) is 17.2 Å². The molecule has 0 aliphatic heterocycles. The number of aromatic nitrogens is 3. The highest BCUT2D eigenvalue weighted by Gasteiger charge is 2.17. The zero-order chi connectivity index (χ0) is 24.9. The van der Waals surface area contributed by atoms with Crippen LogP contribution < -0.4 is 30.0 Å². The number of ether oxygens (including phenoxy) is 3. The third kappa shape index (κ3) is 5.19. The Morgan fingerprint density at radius 3 is 2.40 bits per heavy atom. The lowest BCUT2D eigenvalue weighted by atomic mass is 10.2. The van der Waals surface area contributed by atoms with Crippen molar-refractivity contribution >= 4 is 38.4 Å². The number of fused-ring (bicyclic) bond motifs is 1. The third-order valence-electron chi connectivity index (χ3n) is 5.22. The molecule has 0 saturated heterocycles. The first kappa shape index (κ1) is 24.0. The molecule has 0 aliphatic rings. The molecule has 4 aromatic rings. The lowest BCUT2D eigenvalue weighted by Gasteiger charge is -2.15. The van der Waals surface area contributed by atoms with Gasteiger partial charge >= 0.3 is 0 Å². The van der Waals surface area contributed by atoms with E-state index >= 15 is 0 Å². The molecule has 0 unspecified atom stereocenters. The standard InChI is InChI=1S/C24H25N5O5S/c1-28(12-15-8-6-5-7-9-15)24-27-22-21(35-24)23(31)29(14-25-22)13-19(30)26-16-10-17(32-2)20(34-4)18(11-16)33-3/h5-11,14H,12-13H2,1-4H3,(H,26,30). The van der Waals surface area contributed by atoms with Crippen LogP contribution in [0, 0.1) is 0 Å². The number of methoxy groups -OCH3 is 3. The zero-order valence-corrected chi connectivity index (χ0v) is 20.6. The lowest BCUT2D eigenvalue weighted by Crippen LogP contribution is -2.27. The van der Waals surface area contributed by atoms with Gasteiger partial charge in [-0.05, 0) is 5.56 Å². The molecule has 0 bridgehead atoms. The Balaban J connectivity index is 1.52. The fraction of sp³-hybridized carbons (Fsp3) is 0.250. The van der Waals surface area contributed by atoms with Gasteiger partial charge in [-0.3, -0.25) is 14.2 Å². The highest BCUT2D eigenvalue weighted by molar-refractivity contribution is 7.22. The Morgan fingerprint density at radius 1 is 1.09 bits per heavy atom. The fourth-order valence-corrected chi connectivity index (χ4v) is 4.47. The summed E-state index contributed by atoms with van der Waals surface area (Å²) in [5, 5.41) is 3.43. The number of rotatable bonds is 9. The second-order valence-corrected chi connectivity index (χ2v) is 8.61. The summed E-state index contributed by atoms with van der Waals surface area (Å²) in [6, 6.07) is 13.2. The van der Waals surface area contributed by atoms with Crippen molar-refractivity contribution in [1.29, 1.82) is 0 Å². The van der Waals surface area contributed by atoms with Gasteiger partial charge in [0.1, 0.15) is 17.6 Å². The maximum absolute atomic E-state index is 13.0. The van der Waals surface area contributed by atoms with E-state index in [0.717, 1.165) is 5.56 Å². The van der Waals surface area contributed by atoms with Crippen LogP contribution in [0.4, 0.5) is 10.8 Å². The van der Waals surface area contributed by atoms with E-state index in [1.807, 2.05) is 42.3 Å². The van der Waals surface area contributed by atoms with E-state index in [-0.39, 0.29) is 12.1 Å². The van der Waals surface area contributed by atoms with Crippen molar-refractivity contribution in [2.45, 2.75) is 13.1 Å². The summed E-state index contributed by atoms with van der Waals surface area (Å²) < 4.78 is 17.6. The van der Waals surface area contributed by atoms with Crippen LogP contribution in [0.5, 0.6) is 17.2 Å². The van der Waals surface area contributed by atoms with Gasteiger partial charge in [0.2, 0.25) is 11.7 Å². The van der Waals surface area contributed by atoms with Crippen LogP contribution in [0.25, 0.3) is 10.3 Å². The Hall–Kier alpha value is -4.12. The van der Waals surface area contributed by atoms with Crippen molar-refractivity contribution in [2.75, 3.05) is 38.6 Å². The monoisotopic (exact) mass is 495 g/mol. The number of anilines is 2. The number of benzene rings is 2. The van der Waals surface area contributed by atoms with Gasteiger partial charge in [-0.15, -0.1) is 0 Å². The van der Waals surface area contributed by atoms with Gasteiger partial charge in [0, 0.05) is 31.4 Å². The van der Waals surface area contributed by atoms with E-state index in [1.54, 1.807) is 12.1 Å². The molecule has 0 radical (unpaired) electrons. The molecule has 4 rings (SSSR count). The third-order valence-corrected chi connectivity index (χ3v) is 6.37. The molecule has 2 aromatic heterocycles. The first-order valence-corrected chi connectivity index (χ1v) is 11.5. The van der Waals surface area contributed by atoms with Gasteiger partial charge in [0.15, 0.2) is 22.3 Å². The normalized spacial score (nSPS) is 10.7. The zero-order valence-electron chi connectivity index (χ0n) is 19.8. The molecule has 0 aliphatic carbocycles. The molecule has 2 aromatic carbocycles. The van der Waals surface area contributed by atoms with E-state index in [2.05, 4.69) is 15.3 Å². The molecule has 182 valence electrons. The first-order valence-electron chi connectivity index (χ1n) is 10.6. The SMILES string of the molecule is COc1cc(NC(=O)Cn2cnc3nc(N(C)Cc4ccccc4)sc3c2=O)cc(OC)c1OC. The van der Waals surface area contributed by atoms with Crippen molar-refractivity contribution in [3.63, 3.8) is 0 Å². The van der Waals surface area contributed by atoms with Gasteiger partial charge in [-0.2, -0.15) is 4.98 Å². The highest BCUT2D eigenvalue weighted by Crippen LogP contribution is 2.39. The summed E-state index contributed by atoms with van der Waals surface area (Å²) in [6.45, 7) is 0.428. The maximum atomic E-state index is 13.0. The van der Waals surface area contributed by atoms with Crippen molar-refractivity contribution < 1.29 is 19.0 Å². The molecule has 10 nitrogen and oxygen atoms in total. The number of carbonyl (C=O) groups excluding carboxylic acids is 1. The average molecular weight is 496 g/mol. The largest absolute Gasteiger partial charge is 0.493 e. The summed E-state index contributed by atoms with van der Waals surface area (Å²) in [5.41, 5.74) is 1.60. The van der Waals surface area contributed by atoms with Crippen LogP contribution in [0.15, 0.2) is 53.6 Å². The van der Waals surface area contributed by atoms with E-state index in [0.29, 0.717) is 45.0 Å². The maximum Gasteiger partial charge on any atom is 0.273 e. The van der Waals surface area contributed by atoms with Crippen molar-refractivity contribution in [2.24, 2.45) is 0 Å². The van der Waals surface area contributed by atoms with Crippen LogP contribution in [-0.4, -0.2) is 48.8 Å². The predicted molar refractivity (Wildman–Crippen MR) is 135 cm³/mol. The van der Waals surface area contributed by atoms with Gasteiger partial charge in [0.25, 0.3) is 5.56 Å². The summed E-state index contributed by atoms with van der Waals surface area (Å²) in [7, 11) is 6.39. The van der Waals surface area contributed by atoms with Gasteiger partial charge in [-0.1, -0.05) is 41.7 Å². The first-order chi connectivity index (χ1) is 16.9. The summed E-state index contributed by atoms with van der Waals surface area (Å²) in [5.74, 6) is 0.809. The number of amides is 1. The van der Waals surface area contributed by atoms with Crippen LogP contribution in [-0.2, 0) is 17.9 Å². The second-order valence-electron chi connectivity index (χ2n) is 7.63. The van der Waals surface area contributed by atoms with Crippen molar-refractivity contribution in [1.82, 2.24) is 14.5 Å². The van der Waals surface area contributed by atoms with Gasteiger partial charge in [0.05, 0.1) is 21.3 Å². The molecule has 2 heterocycles. The topological polar surface area (TPSA) is 108 Å². The van der Waals surface area contributed by atoms with E-state index < -0.39 is 5.91 Å². The minimum atomic E-state index is -0.409. The quantitative estimate of drug-likeness (QED) is 0.377. The molecule has 0 saturated carbocycles. The summed E-state index contributed by atoms with van der Waals surface area (Å²) >= 11 is 1.25. The fourth-order valence-electron chi connectivity index (χ4n) is 3.54. The van der Waals surface area contributed by atoms with E-state index in [1.165, 1.54) is 43.6 Å². The van der Waals surface area contributed by atoms with Crippen LogP contribution in [0.3, 0.4) is 0 Å². The highest BCUT2D eigenvalue weighted by atomic mass is 32.1. The second kappa shape index (κ2) is 10.4.